The molecule has 1 amide bonds. The van der Waals surface area contributed by atoms with Crippen molar-refractivity contribution in [2.45, 2.75) is 25.9 Å². The van der Waals surface area contributed by atoms with E-state index in [0.717, 1.165) is 0 Å². The van der Waals surface area contributed by atoms with E-state index in [1.54, 1.807) is 18.3 Å². The van der Waals surface area contributed by atoms with Crippen molar-refractivity contribution in [2.75, 3.05) is 0 Å². The van der Waals surface area contributed by atoms with E-state index in [4.69, 9.17) is 10.8 Å². The van der Waals surface area contributed by atoms with Gasteiger partial charge in [0.25, 0.3) is 0 Å². The summed E-state index contributed by atoms with van der Waals surface area (Å²) in [5.41, 5.74) is 5.38. The van der Waals surface area contributed by atoms with Gasteiger partial charge in [0.15, 0.2) is 0 Å². The minimum absolute atomic E-state index is 0.442. The van der Waals surface area contributed by atoms with Gasteiger partial charge < -0.3 is 15.6 Å². The number of alkyl halides is 6. The molecular formula is C12H12F6N2O5. The molecule has 0 bridgehead atoms. The van der Waals surface area contributed by atoms with Crippen molar-refractivity contribution in [3.8, 4) is 0 Å². The van der Waals surface area contributed by atoms with Crippen LogP contribution in [0.4, 0.5) is 26.3 Å². The summed E-state index contributed by atoms with van der Waals surface area (Å²) in [6.45, 7) is 0.688. The van der Waals surface area contributed by atoms with Crippen molar-refractivity contribution in [1.82, 2.24) is 4.98 Å². The fourth-order valence-electron chi connectivity index (χ4n) is 0.843. The molecule has 0 atom stereocenters. The second kappa shape index (κ2) is 10.8. The number of carboxylic acids is 1. The molecule has 1 aromatic rings. The Morgan fingerprint density at radius 3 is 1.84 bits per heavy atom. The standard InChI is InChI=1S/C6H6N2O.2C3H3F3O2/c7-6(9)5-2-1-3-8-4-5;1-2(7)8-3(4,5)6;4-3(5,6)1-2(7)8/h1-4H,(H2,7,9);1H3;1H2,(H,7,8). The van der Waals surface area contributed by atoms with Crippen molar-refractivity contribution >= 4 is 17.8 Å². The molecule has 13 heteroatoms. The van der Waals surface area contributed by atoms with Crippen LogP contribution in [-0.2, 0) is 14.3 Å². The molecule has 0 aliphatic carbocycles. The zero-order chi connectivity index (χ0) is 20.3. The third kappa shape index (κ3) is 21.1. The lowest BCUT2D eigenvalue weighted by molar-refractivity contribution is -0.304. The summed E-state index contributed by atoms with van der Waals surface area (Å²) < 4.78 is 68.2. The highest BCUT2D eigenvalue weighted by atomic mass is 19.4. The largest absolute Gasteiger partial charge is 0.575 e. The Morgan fingerprint density at radius 1 is 1.20 bits per heavy atom. The minimum Gasteiger partial charge on any atom is -0.481 e. The Hall–Kier alpha value is -2.86. The molecule has 1 aromatic heterocycles. The van der Waals surface area contributed by atoms with Crippen LogP contribution in [0.3, 0.4) is 0 Å². The van der Waals surface area contributed by atoms with Gasteiger partial charge in [-0.05, 0) is 12.1 Å². The quantitative estimate of drug-likeness (QED) is 0.602. The highest BCUT2D eigenvalue weighted by Gasteiger charge is 2.32. The van der Waals surface area contributed by atoms with Gasteiger partial charge in [-0.1, -0.05) is 0 Å². The number of amides is 1. The third-order valence-electron chi connectivity index (χ3n) is 1.56. The van der Waals surface area contributed by atoms with E-state index in [1.807, 2.05) is 0 Å². The summed E-state index contributed by atoms with van der Waals surface area (Å²) in [7, 11) is 0. The van der Waals surface area contributed by atoms with Gasteiger partial charge in [0.1, 0.15) is 6.42 Å². The molecule has 0 aliphatic heterocycles. The van der Waals surface area contributed by atoms with Crippen molar-refractivity contribution < 1.29 is 50.6 Å². The summed E-state index contributed by atoms with van der Waals surface area (Å²) in [4.78, 5) is 32.9. The van der Waals surface area contributed by atoms with Crippen LogP contribution in [0.15, 0.2) is 24.5 Å². The van der Waals surface area contributed by atoms with Crippen molar-refractivity contribution in [1.29, 1.82) is 0 Å². The number of aromatic nitrogens is 1. The van der Waals surface area contributed by atoms with Crippen LogP contribution >= 0.6 is 0 Å². The minimum atomic E-state index is -4.83. The van der Waals surface area contributed by atoms with Crippen LogP contribution in [0.2, 0.25) is 0 Å². The molecule has 0 saturated heterocycles. The molecule has 1 rings (SSSR count). The van der Waals surface area contributed by atoms with Crippen LogP contribution in [0.25, 0.3) is 0 Å². The van der Waals surface area contributed by atoms with Gasteiger partial charge in [-0.3, -0.25) is 19.4 Å². The van der Waals surface area contributed by atoms with Crippen molar-refractivity contribution in [3.63, 3.8) is 0 Å². The predicted molar refractivity (Wildman–Crippen MR) is 68.9 cm³/mol. The van der Waals surface area contributed by atoms with Gasteiger partial charge in [-0.15, -0.1) is 13.2 Å². The van der Waals surface area contributed by atoms with E-state index in [2.05, 4.69) is 9.72 Å². The topological polar surface area (TPSA) is 120 Å². The van der Waals surface area contributed by atoms with Crippen LogP contribution in [0, 0.1) is 0 Å². The molecule has 7 nitrogen and oxygen atoms in total. The number of primary amides is 1. The number of nitrogens with two attached hydrogens (primary N) is 1. The molecule has 1 heterocycles. The maximum absolute atomic E-state index is 10.9. The number of rotatable bonds is 2. The first-order valence-electron chi connectivity index (χ1n) is 5.88. The molecule has 0 saturated carbocycles. The number of esters is 1. The summed E-state index contributed by atoms with van der Waals surface area (Å²) in [5, 5.41) is 7.53. The van der Waals surface area contributed by atoms with Crippen LogP contribution in [-0.4, -0.2) is 40.5 Å². The lowest BCUT2D eigenvalue weighted by Crippen LogP contribution is -2.16. The maximum atomic E-state index is 10.9. The smallest absolute Gasteiger partial charge is 0.481 e. The Balaban J connectivity index is 0. The lowest BCUT2D eigenvalue weighted by Gasteiger charge is -2.02. The SMILES string of the molecule is CC(=O)OC(F)(F)F.NC(=O)c1cccnc1.O=C(O)CC(F)(F)F. The Morgan fingerprint density at radius 2 is 1.72 bits per heavy atom. The molecule has 0 radical (unpaired) electrons. The zero-order valence-corrected chi connectivity index (χ0v) is 12.4. The second-order valence-corrected chi connectivity index (χ2v) is 3.83. The fraction of sp³-hybridized carbons (Fsp3) is 0.333. The van der Waals surface area contributed by atoms with E-state index in [0.29, 0.717) is 12.5 Å². The molecular weight excluding hydrogens is 366 g/mol. The maximum Gasteiger partial charge on any atom is 0.575 e. The van der Waals surface area contributed by atoms with Crippen LogP contribution in [0.1, 0.15) is 23.7 Å². The Labute approximate surface area is 136 Å². The molecule has 25 heavy (non-hydrogen) atoms. The van der Waals surface area contributed by atoms with Gasteiger partial charge in [0, 0.05) is 19.3 Å². The summed E-state index contributed by atoms with van der Waals surface area (Å²) in [6.07, 6.45) is -8.14. The second-order valence-electron chi connectivity index (χ2n) is 3.83. The van der Waals surface area contributed by atoms with Gasteiger partial charge in [-0.2, -0.15) is 13.2 Å². The normalized spacial score (nSPS) is 10.4. The van der Waals surface area contributed by atoms with Gasteiger partial charge in [0.2, 0.25) is 5.91 Å². The predicted octanol–water partition coefficient (Wildman–Crippen LogP) is 2.27. The highest BCUT2D eigenvalue weighted by Crippen LogP contribution is 2.18. The lowest BCUT2D eigenvalue weighted by atomic mass is 10.3. The first-order valence-corrected chi connectivity index (χ1v) is 5.88. The van der Waals surface area contributed by atoms with E-state index >= 15 is 0 Å². The number of pyridine rings is 1. The molecule has 142 valence electrons. The fourth-order valence-corrected chi connectivity index (χ4v) is 0.843. The third-order valence-corrected chi connectivity index (χ3v) is 1.56. The number of hydrogen-bond acceptors (Lipinski definition) is 5. The Bertz CT molecular complexity index is 533. The van der Waals surface area contributed by atoms with E-state index in [-0.39, 0.29) is 0 Å². The number of carbonyl (C=O) groups is 3. The van der Waals surface area contributed by atoms with E-state index in [1.165, 1.54) is 6.20 Å². The van der Waals surface area contributed by atoms with Gasteiger partial charge in [-0.25, -0.2) is 0 Å². The van der Waals surface area contributed by atoms with Crippen LogP contribution in [0.5, 0.6) is 0 Å². The average molecular weight is 378 g/mol. The molecule has 3 N–H and O–H groups in total. The first-order chi connectivity index (χ1) is 11.1. The molecule has 0 aliphatic rings. The number of halogens is 6. The number of carboxylic acid groups (broad SMARTS) is 1. The summed E-state index contributed by atoms with van der Waals surface area (Å²) >= 11 is 0. The summed E-state index contributed by atoms with van der Waals surface area (Å²) in [6, 6.07) is 3.29. The van der Waals surface area contributed by atoms with Crippen molar-refractivity contribution in [3.05, 3.63) is 30.1 Å². The van der Waals surface area contributed by atoms with Crippen molar-refractivity contribution in [2.24, 2.45) is 5.73 Å². The van der Waals surface area contributed by atoms with Gasteiger partial charge >= 0.3 is 24.5 Å². The molecule has 0 aromatic carbocycles. The highest BCUT2D eigenvalue weighted by molar-refractivity contribution is 5.92. The van der Waals surface area contributed by atoms with E-state index in [9.17, 15) is 40.7 Å². The number of nitrogens with zero attached hydrogens (tertiary/aromatic N) is 1. The number of aliphatic carboxylic acids is 1. The number of carbonyl (C=O) groups excluding carboxylic acids is 2. The molecule has 0 unspecified atom stereocenters. The molecule has 0 spiro atoms. The first kappa shape index (κ1) is 24.4. The zero-order valence-electron chi connectivity index (χ0n) is 12.4. The molecule has 0 fully saturated rings. The average Bonchev–Trinajstić information content (AvgIpc) is 2.35. The van der Waals surface area contributed by atoms with E-state index < -0.39 is 36.8 Å². The number of hydrogen-bond donors (Lipinski definition) is 2. The van der Waals surface area contributed by atoms with Gasteiger partial charge in [0.05, 0.1) is 5.56 Å². The monoisotopic (exact) mass is 378 g/mol. The number of ether oxygens (including phenoxy) is 1. The summed E-state index contributed by atoms with van der Waals surface area (Å²) in [5.74, 6) is -3.64. The van der Waals surface area contributed by atoms with Crippen LogP contribution < -0.4 is 5.73 Å². The Kier molecular flexibility index (Phi) is 10.6.